The lowest BCUT2D eigenvalue weighted by atomic mass is 10.1. The van der Waals surface area contributed by atoms with Gasteiger partial charge in [0.05, 0.1) is 75.4 Å². The van der Waals surface area contributed by atoms with Crippen molar-refractivity contribution < 1.29 is 86.9 Å². The van der Waals surface area contributed by atoms with E-state index in [2.05, 4.69) is 72.5 Å². The van der Waals surface area contributed by atoms with Gasteiger partial charge in [0, 0.05) is 97.1 Å². The van der Waals surface area contributed by atoms with E-state index >= 15 is 0 Å². The second kappa shape index (κ2) is 48.6. The summed E-state index contributed by atoms with van der Waals surface area (Å²) in [5.74, 6) is -4.35. The highest BCUT2D eigenvalue weighted by Crippen LogP contribution is 2.25. The number of likely N-dealkylation sites (N-methyl/N-ethyl adjacent to an activating group) is 1. The Labute approximate surface area is 626 Å². The number of aromatic nitrogens is 3. The van der Waals surface area contributed by atoms with E-state index in [0.717, 1.165) is 74.2 Å². The van der Waals surface area contributed by atoms with Crippen LogP contribution in [-0.2, 0) is 73.5 Å². The van der Waals surface area contributed by atoms with Gasteiger partial charge in [-0.1, -0.05) is 157 Å². The highest BCUT2D eigenvalue weighted by atomic mass is 79.9. The van der Waals surface area contributed by atoms with Crippen molar-refractivity contribution in [2.45, 2.75) is 44.1 Å². The lowest BCUT2D eigenvalue weighted by Crippen LogP contribution is -2.30. The number of halogens is 4. The number of aromatic amines is 2. The number of carboxylic acid groups (broad SMARTS) is 1. The van der Waals surface area contributed by atoms with Gasteiger partial charge in [-0.15, -0.1) is 11.6 Å². The molecule has 9 aromatic rings. The molecule has 5 heterocycles. The maximum atomic E-state index is 11.9. The smallest absolute Gasteiger partial charge is 0.379 e. The first-order valence-electron chi connectivity index (χ1n) is 31.5. The number of carboxylic acids is 1. The van der Waals surface area contributed by atoms with Crippen LogP contribution in [-0.4, -0.2) is 203 Å². The van der Waals surface area contributed by atoms with Crippen LogP contribution in [0.3, 0.4) is 0 Å². The van der Waals surface area contributed by atoms with Gasteiger partial charge in [-0.25, -0.2) is 14.4 Å². The zero-order chi connectivity index (χ0) is 76.4. The molecule has 0 spiro atoms. The van der Waals surface area contributed by atoms with Crippen molar-refractivity contribution >= 4 is 145 Å². The number of phenols is 1. The van der Waals surface area contributed by atoms with Gasteiger partial charge in [-0.3, -0.25) is 28.8 Å². The third-order valence-corrected chi connectivity index (χ3v) is 16.0. The number of nitrogens with one attached hydrogen (secondary N) is 3. The highest BCUT2D eigenvalue weighted by molar-refractivity contribution is 9.12. The number of hydrogen-bond donors (Lipinski definition) is 9. The number of H-pyrrole nitrogens is 2. The van der Waals surface area contributed by atoms with Crippen LogP contribution in [0.4, 0.5) is 0 Å². The fourth-order valence-corrected chi connectivity index (χ4v) is 9.27. The summed E-state index contributed by atoms with van der Waals surface area (Å²) in [6.45, 7) is 3.62. The maximum absolute atomic E-state index is 11.9. The van der Waals surface area contributed by atoms with Crippen LogP contribution in [0.5, 0.6) is 17.2 Å². The number of aliphatic hydroxyl groups is 1. The van der Waals surface area contributed by atoms with E-state index in [4.69, 9.17) is 58.0 Å². The Kier molecular flexibility index (Phi) is 41.4. The molecule has 2 saturated heterocycles. The molecule has 3 atom stereocenters. The summed E-state index contributed by atoms with van der Waals surface area (Å²) < 4.78 is 31.6. The largest absolute Gasteiger partial charge is 0.508 e. The van der Waals surface area contributed by atoms with Gasteiger partial charge < -0.3 is 85.7 Å². The molecule has 554 valence electrons. The van der Waals surface area contributed by atoms with Gasteiger partial charge in [-0.2, -0.15) is 0 Å². The molecule has 0 saturated carbocycles. The molecule has 0 aliphatic carbocycles. The van der Waals surface area contributed by atoms with Gasteiger partial charge >= 0.3 is 17.9 Å². The molecular weight excluding hydrogens is 1550 g/mol. The topological polar surface area (TPSA) is 406 Å². The Morgan fingerprint density at radius 3 is 1.42 bits per heavy atom. The number of hydrogen-bond acceptors (Lipinski definition) is 19. The van der Waals surface area contributed by atoms with E-state index < -0.39 is 53.2 Å². The molecule has 0 bridgehead atoms. The monoisotopic (exact) mass is 1630 g/mol. The van der Waals surface area contributed by atoms with E-state index in [9.17, 15) is 48.3 Å². The van der Waals surface area contributed by atoms with Gasteiger partial charge in [0.2, 0.25) is 17.7 Å². The predicted molar refractivity (Wildman–Crippen MR) is 405 cm³/mol. The lowest BCUT2D eigenvalue weighted by molar-refractivity contribution is -0.135. The standard InChI is InChI=1S/C13H12BrNO3.C13H20N2O3.C11H9NO3.C11H13NO3.C10H7NO3.C8H9NO2.C3H5ClO.C2H4Br2.C2H7N/c1-18-13(17)12(16)10-8-15(7-6-14)11-5-3-2-4-9(10)11;1-15(2)8-11(16)9-18-12-6-4-3-5-10(12)7-13(14)17;1-15-11(14)10(13)8-6-12-9-5-3-2-4-7(8)9;12-11(13)5-8-3-1-2-4-10(8)15-7-9-6-14-9;12-9(10(13)14)7-5-11-8-4-2-1-3-6(7)8;9-8(11)5-6-3-1-2-4-7(6)10;4-1-3-2-5-3;3-1-2-4;1-3-2/h2-5,8H,6-7H2,1H3;3-6,11,16H,7-9H2,1-2H3,(H2,14,17);2-6,12H,1H3;1-4,9H,5-7H2,(H2,12,13);1-5,11H,(H,13,14);1-4,10H,5H2,(H2,9,11);3H,1-2H2;1-2H2;3H,1-2H3. The molecule has 6 aromatic carbocycles. The van der Waals surface area contributed by atoms with Crippen LogP contribution in [0, 0.1) is 0 Å². The Bertz CT molecular complexity index is 4160. The molecular formula is C73H86Br3ClN8O18. The number of epoxide rings is 2. The van der Waals surface area contributed by atoms with Crippen LogP contribution < -0.4 is 32.0 Å². The average Bonchev–Trinajstić information content (AvgIpc) is 1.67. The number of esters is 2. The number of fused-ring (bicyclic) bond motifs is 3. The maximum Gasteiger partial charge on any atom is 0.379 e. The summed E-state index contributed by atoms with van der Waals surface area (Å²) in [5.41, 5.74) is 20.8. The number of methoxy groups -OCH3 is 2. The molecule has 103 heavy (non-hydrogen) atoms. The number of carbonyl (C=O) groups is 9. The average molecular weight is 1640 g/mol. The zero-order valence-electron chi connectivity index (χ0n) is 57.6. The van der Waals surface area contributed by atoms with Crippen molar-refractivity contribution in [3.05, 3.63) is 198 Å². The third-order valence-electron chi connectivity index (χ3n) is 13.5. The molecule has 0 radical (unpaired) electrons. The van der Waals surface area contributed by atoms with Gasteiger partial charge in [0.1, 0.15) is 42.7 Å². The Balaban J connectivity index is 0.000000312. The Hall–Kier alpha value is -9.30. The molecule has 2 aliphatic rings. The number of phenolic OH excluding ortho intramolecular Hbond substituents is 1. The van der Waals surface area contributed by atoms with Crippen molar-refractivity contribution in [3.63, 3.8) is 0 Å². The fraction of sp³-hybridized carbons (Fsp3) is 0.301. The molecule has 3 aromatic heterocycles. The second-order valence-electron chi connectivity index (χ2n) is 22.0. The first-order chi connectivity index (χ1) is 49.3. The first-order valence-corrected chi connectivity index (χ1v) is 35.4. The minimum atomic E-state index is -1.44. The summed E-state index contributed by atoms with van der Waals surface area (Å²) in [6.07, 6.45) is 5.12. The van der Waals surface area contributed by atoms with Crippen molar-refractivity contribution in [3.8, 4) is 17.2 Å². The molecule has 2 aliphatic heterocycles. The lowest BCUT2D eigenvalue weighted by Gasteiger charge is -2.17. The van der Waals surface area contributed by atoms with E-state index in [-0.39, 0.29) is 49.2 Å². The predicted octanol–water partition coefficient (Wildman–Crippen LogP) is 8.51. The normalized spacial score (nSPS) is 12.7. The highest BCUT2D eigenvalue weighted by Gasteiger charge is 2.25. The number of aromatic hydroxyl groups is 1. The number of Topliss-reactive ketones (excluding diaryl/α,β-unsaturated/α-hetero) is 3. The number of aryl methyl sites for hydroxylation is 1. The van der Waals surface area contributed by atoms with E-state index in [1.54, 1.807) is 60.8 Å². The summed E-state index contributed by atoms with van der Waals surface area (Å²) >= 11 is 15.0. The number of ether oxygens (including phenoxy) is 6. The Morgan fingerprint density at radius 1 is 0.592 bits per heavy atom. The number of ketones is 3. The molecule has 30 heteroatoms. The summed E-state index contributed by atoms with van der Waals surface area (Å²) in [7, 11) is 9.90. The fourth-order valence-electron chi connectivity index (χ4n) is 8.71. The summed E-state index contributed by atoms with van der Waals surface area (Å²) in [4.78, 5) is 107. The number of aliphatic hydroxyl groups excluding tert-OH is 1. The first kappa shape index (κ1) is 87.9. The minimum Gasteiger partial charge on any atom is -0.508 e. The number of amides is 3. The number of benzene rings is 6. The second-order valence-corrected chi connectivity index (χ2v) is 24.7. The molecule has 26 nitrogen and oxygen atoms in total. The molecule has 2 fully saturated rings. The van der Waals surface area contributed by atoms with Gasteiger partial charge in [0.15, 0.2) is 0 Å². The van der Waals surface area contributed by atoms with Crippen LogP contribution in [0.15, 0.2) is 164 Å². The number of primary amides is 3. The van der Waals surface area contributed by atoms with Crippen LogP contribution >= 0.6 is 59.4 Å². The van der Waals surface area contributed by atoms with Gasteiger partial charge in [-0.05, 0) is 64.6 Å². The van der Waals surface area contributed by atoms with Crippen LogP contribution in [0.2, 0.25) is 0 Å². The summed E-state index contributed by atoms with van der Waals surface area (Å²) in [6, 6.07) is 43.1. The molecule has 3 unspecified atom stereocenters. The quantitative estimate of drug-likeness (QED) is 0.00899. The number of nitrogens with zero attached hydrogens (tertiary/aromatic N) is 2. The number of aliphatic carboxylic acids is 1. The van der Waals surface area contributed by atoms with E-state index in [0.29, 0.717) is 58.7 Å². The van der Waals surface area contributed by atoms with E-state index in [1.807, 2.05) is 123 Å². The number of para-hydroxylation sites is 6. The van der Waals surface area contributed by atoms with E-state index in [1.165, 1.54) is 32.7 Å². The number of rotatable bonds is 24. The molecule has 11 rings (SSSR count). The van der Waals surface area contributed by atoms with Gasteiger partial charge in [0.25, 0.3) is 17.3 Å². The number of alkyl halides is 4. The number of carbonyl (C=O) groups excluding carboxylic acids is 8. The minimum absolute atomic E-state index is 0.0900. The summed E-state index contributed by atoms with van der Waals surface area (Å²) in [5, 5.41) is 35.2. The number of nitrogens with two attached hydrogens (primary N) is 3. The molecule has 12 N–H and O–H groups in total. The van der Waals surface area contributed by atoms with Crippen molar-refractivity contribution in [1.82, 2.24) is 24.8 Å². The molecule has 3 amide bonds. The van der Waals surface area contributed by atoms with Crippen molar-refractivity contribution in [2.24, 2.45) is 17.2 Å². The van der Waals surface area contributed by atoms with Crippen molar-refractivity contribution in [2.75, 3.05) is 97.3 Å². The van der Waals surface area contributed by atoms with Crippen LogP contribution in [0.1, 0.15) is 47.8 Å². The third kappa shape index (κ3) is 32.7. The van der Waals surface area contributed by atoms with Crippen LogP contribution in [0.25, 0.3) is 32.7 Å². The zero-order valence-corrected chi connectivity index (χ0v) is 63.1. The SMILES string of the molecule is BrCCBr.CN(C)CC(O)COc1ccccc1CC(N)=O.CNC.COC(=O)C(=O)c1c[nH]c2ccccc12.COC(=O)C(=O)c1cn(CCBr)c2ccccc12.ClCC1CO1.NC(=O)Cc1ccccc1O.NC(=O)Cc1ccccc1OCC1CO1.O=C(O)C(=O)c1c[nH]c2ccccc12. The Morgan fingerprint density at radius 2 is 1.00 bits per heavy atom. The van der Waals surface area contributed by atoms with Crippen molar-refractivity contribution in [1.29, 1.82) is 0 Å².